The van der Waals surface area contributed by atoms with Gasteiger partial charge in [-0.05, 0) is 46.3 Å². The van der Waals surface area contributed by atoms with Crippen LogP contribution >= 0.6 is 15.9 Å². The summed E-state index contributed by atoms with van der Waals surface area (Å²) in [6.07, 6.45) is 3.14. The van der Waals surface area contributed by atoms with E-state index in [0.29, 0.717) is 15.7 Å². The summed E-state index contributed by atoms with van der Waals surface area (Å²) >= 11 is 3.27. The number of anilines is 1. The van der Waals surface area contributed by atoms with E-state index in [1.165, 1.54) is 24.3 Å². The summed E-state index contributed by atoms with van der Waals surface area (Å²) in [6, 6.07) is 7.37. The van der Waals surface area contributed by atoms with E-state index < -0.39 is 5.97 Å². The van der Waals surface area contributed by atoms with Gasteiger partial charge in [0.05, 0.1) is 15.7 Å². The molecule has 0 unspecified atom stereocenters. The standard InChI is InChI=1S/C13H9BrN2O3/c14-10-7-15-6-5-11(10)16-12(17)8-1-3-9(4-2-8)13(18)19/h1-7H,(H,18,19)(H,15,16,17). The van der Waals surface area contributed by atoms with E-state index in [9.17, 15) is 9.59 Å². The molecule has 0 saturated heterocycles. The molecule has 0 bridgehead atoms. The molecule has 0 saturated carbocycles. The van der Waals surface area contributed by atoms with E-state index in [4.69, 9.17) is 5.11 Å². The molecule has 2 rings (SSSR count). The Labute approximate surface area is 117 Å². The molecule has 0 spiro atoms. The molecule has 0 fully saturated rings. The van der Waals surface area contributed by atoms with Gasteiger partial charge in [0.15, 0.2) is 0 Å². The molecular formula is C13H9BrN2O3. The number of nitrogens with zero attached hydrogens (tertiary/aromatic N) is 1. The van der Waals surface area contributed by atoms with Gasteiger partial charge in [0.25, 0.3) is 5.91 Å². The second-order valence-corrected chi connectivity index (χ2v) is 4.55. The van der Waals surface area contributed by atoms with E-state index >= 15 is 0 Å². The monoisotopic (exact) mass is 320 g/mol. The molecule has 0 atom stereocenters. The second kappa shape index (κ2) is 5.62. The van der Waals surface area contributed by atoms with Gasteiger partial charge in [-0.15, -0.1) is 0 Å². The third-order valence-electron chi connectivity index (χ3n) is 2.41. The summed E-state index contributed by atoms with van der Waals surface area (Å²) in [5.41, 5.74) is 1.12. The van der Waals surface area contributed by atoms with Crippen LogP contribution in [0.3, 0.4) is 0 Å². The average molecular weight is 321 g/mol. The largest absolute Gasteiger partial charge is 0.478 e. The molecule has 0 aliphatic rings. The minimum Gasteiger partial charge on any atom is -0.478 e. The minimum absolute atomic E-state index is 0.140. The Balaban J connectivity index is 2.16. The molecule has 19 heavy (non-hydrogen) atoms. The molecular weight excluding hydrogens is 312 g/mol. The van der Waals surface area contributed by atoms with Crippen molar-refractivity contribution in [3.63, 3.8) is 0 Å². The number of carbonyl (C=O) groups excluding carboxylic acids is 1. The maximum Gasteiger partial charge on any atom is 0.335 e. The van der Waals surface area contributed by atoms with Gasteiger partial charge in [-0.2, -0.15) is 0 Å². The highest BCUT2D eigenvalue weighted by Gasteiger charge is 2.09. The summed E-state index contributed by atoms with van der Waals surface area (Å²) in [6.45, 7) is 0. The van der Waals surface area contributed by atoms with Gasteiger partial charge in [-0.25, -0.2) is 4.79 Å². The van der Waals surface area contributed by atoms with Crippen molar-refractivity contribution in [3.8, 4) is 0 Å². The zero-order valence-electron chi connectivity index (χ0n) is 9.63. The van der Waals surface area contributed by atoms with E-state index in [1.54, 1.807) is 18.5 Å². The number of nitrogens with one attached hydrogen (secondary N) is 1. The van der Waals surface area contributed by atoms with Crippen molar-refractivity contribution >= 4 is 33.5 Å². The first-order valence-electron chi connectivity index (χ1n) is 5.32. The van der Waals surface area contributed by atoms with E-state index in [1.807, 2.05) is 0 Å². The first kappa shape index (κ1) is 13.2. The lowest BCUT2D eigenvalue weighted by atomic mass is 10.1. The highest BCUT2D eigenvalue weighted by Crippen LogP contribution is 2.20. The van der Waals surface area contributed by atoms with Crippen LogP contribution in [-0.4, -0.2) is 22.0 Å². The first-order chi connectivity index (χ1) is 9.08. The van der Waals surface area contributed by atoms with Crippen molar-refractivity contribution in [1.29, 1.82) is 0 Å². The Kier molecular flexibility index (Phi) is 3.91. The topological polar surface area (TPSA) is 79.3 Å². The molecule has 2 aromatic rings. The number of hydrogen-bond donors (Lipinski definition) is 2. The molecule has 1 amide bonds. The maximum atomic E-state index is 11.9. The van der Waals surface area contributed by atoms with Crippen LogP contribution in [0.15, 0.2) is 47.2 Å². The number of pyridine rings is 1. The highest BCUT2D eigenvalue weighted by atomic mass is 79.9. The van der Waals surface area contributed by atoms with Crippen LogP contribution in [-0.2, 0) is 0 Å². The molecule has 6 heteroatoms. The number of carboxylic acids is 1. The summed E-state index contributed by atoms with van der Waals surface area (Å²) in [5, 5.41) is 11.5. The molecule has 96 valence electrons. The van der Waals surface area contributed by atoms with Gasteiger partial charge in [0.2, 0.25) is 0 Å². The molecule has 1 heterocycles. The number of carboxylic acid groups (broad SMARTS) is 1. The lowest BCUT2D eigenvalue weighted by molar-refractivity contribution is 0.0696. The van der Waals surface area contributed by atoms with Crippen LogP contribution < -0.4 is 5.32 Å². The van der Waals surface area contributed by atoms with Crippen LogP contribution in [0.4, 0.5) is 5.69 Å². The van der Waals surface area contributed by atoms with E-state index in [-0.39, 0.29) is 11.5 Å². The van der Waals surface area contributed by atoms with Crippen LogP contribution in [0.2, 0.25) is 0 Å². The van der Waals surface area contributed by atoms with Gasteiger partial charge in [-0.1, -0.05) is 0 Å². The van der Waals surface area contributed by atoms with Crippen LogP contribution in [0.25, 0.3) is 0 Å². The number of rotatable bonds is 3. The number of amides is 1. The lowest BCUT2D eigenvalue weighted by Gasteiger charge is -2.06. The number of carbonyl (C=O) groups is 2. The summed E-state index contributed by atoms with van der Waals surface area (Å²) in [5.74, 6) is -1.34. The van der Waals surface area contributed by atoms with E-state index in [0.717, 1.165) is 0 Å². The number of hydrogen-bond acceptors (Lipinski definition) is 3. The van der Waals surface area contributed by atoms with E-state index in [2.05, 4.69) is 26.2 Å². The molecule has 0 radical (unpaired) electrons. The molecule has 1 aromatic carbocycles. The van der Waals surface area contributed by atoms with Gasteiger partial charge in [-0.3, -0.25) is 9.78 Å². The molecule has 5 nitrogen and oxygen atoms in total. The Bertz CT molecular complexity index is 626. The number of halogens is 1. The Morgan fingerprint density at radius 2 is 1.74 bits per heavy atom. The number of aromatic carboxylic acids is 1. The SMILES string of the molecule is O=C(O)c1ccc(C(=O)Nc2ccncc2Br)cc1. The lowest BCUT2D eigenvalue weighted by Crippen LogP contribution is -2.12. The van der Waals surface area contributed by atoms with Crippen LogP contribution in [0.5, 0.6) is 0 Å². The van der Waals surface area contributed by atoms with Crippen molar-refractivity contribution < 1.29 is 14.7 Å². The van der Waals surface area contributed by atoms with Crippen molar-refractivity contribution in [3.05, 3.63) is 58.3 Å². The number of aromatic nitrogens is 1. The van der Waals surface area contributed by atoms with Crippen molar-refractivity contribution in [2.75, 3.05) is 5.32 Å². The normalized spacial score (nSPS) is 9.95. The first-order valence-corrected chi connectivity index (χ1v) is 6.11. The van der Waals surface area contributed by atoms with Crippen LogP contribution in [0.1, 0.15) is 20.7 Å². The minimum atomic E-state index is -1.02. The Morgan fingerprint density at radius 1 is 1.11 bits per heavy atom. The summed E-state index contributed by atoms with van der Waals surface area (Å²) in [7, 11) is 0. The quantitative estimate of drug-likeness (QED) is 0.911. The van der Waals surface area contributed by atoms with Gasteiger partial charge in [0, 0.05) is 18.0 Å². The zero-order chi connectivity index (χ0) is 13.8. The van der Waals surface area contributed by atoms with Crippen molar-refractivity contribution in [2.24, 2.45) is 0 Å². The molecule has 1 aromatic heterocycles. The average Bonchev–Trinajstić information content (AvgIpc) is 2.41. The van der Waals surface area contributed by atoms with Gasteiger partial charge in [0.1, 0.15) is 0 Å². The Morgan fingerprint density at radius 3 is 2.32 bits per heavy atom. The zero-order valence-corrected chi connectivity index (χ0v) is 11.2. The fraction of sp³-hybridized carbons (Fsp3) is 0. The van der Waals surface area contributed by atoms with Crippen molar-refractivity contribution in [1.82, 2.24) is 4.98 Å². The number of benzene rings is 1. The predicted molar refractivity (Wildman–Crippen MR) is 73.3 cm³/mol. The third kappa shape index (κ3) is 3.17. The Hall–Kier alpha value is -2.21. The fourth-order valence-corrected chi connectivity index (χ4v) is 1.78. The van der Waals surface area contributed by atoms with Crippen LogP contribution in [0, 0.1) is 0 Å². The maximum absolute atomic E-state index is 11.9. The summed E-state index contributed by atoms with van der Waals surface area (Å²) < 4.78 is 0.672. The highest BCUT2D eigenvalue weighted by molar-refractivity contribution is 9.10. The fourth-order valence-electron chi connectivity index (χ4n) is 1.44. The molecule has 0 aliphatic carbocycles. The van der Waals surface area contributed by atoms with Crippen molar-refractivity contribution in [2.45, 2.75) is 0 Å². The summed E-state index contributed by atoms with van der Waals surface area (Å²) in [4.78, 5) is 26.5. The third-order valence-corrected chi connectivity index (χ3v) is 3.05. The predicted octanol–water partition coefficient (Wildman–Crippen LogP) is 2.79. The second-order valence-electron chi connectivity index (χ2n) is 3.69. The smallest absolute Gasteiger partial charge is 0.335 e. The van der Waals surface area contributed by atoms with Gasteiger partial charge >= 0.3 is 5.97 Å². The molecule has 2 N–H and O–H groups in total. The molecule has 0 aliphatic heterocycles. The van der Waals surface area contributed by atoms with Gasteiger partial charge < -0.3 is 10.4 Å².